The van der Waals surface area contributed by atoms with Gasteiger partial charge in [-0.1, -0.05) is 12.1 Å². The van der Waals surface area contributed by atoms with Crippen LogP contribution in [0.3, 0.4) is 0 Å². The minimum Gasteiger partial charge on any atom is -0.444 e. The highest BCUT2D eigenvalue weighted by molar-refractivity contribution is 6.02. The first kappa shape index (κ1) is 19.6. The minimum atomic E-state index is -0.860. The highest BCUT2D eigenvalue weighted by Gasteiger charge is 2.31. The van der Waals surface area contributed by atoms with Gasteiger partial charge < -0.3 is 4.74 Å². The molecule has 2 aromatic rings. The van der Waals surface area contributed by atoms with Crippen molar-refractivity contribution < 1.29 is 18.7 Å². The highest BCUT2D eigenvalue weighted by atomic mass is 19.1. The van der Waals surface area contributed by atoms with Crippen LogP contribution in [0.5, 0.6) is 0 Å². The average molecular weight is 358 g/mol. The Labute approximate surface area is 152 Å². The van der Waals surface area contributed by atoms with Gasteiger partial charge in [-0.05, 0) is 64.4 Å². The van der Waals surface area contributed by atoms with E-state index in [1.165, 1.54) is 18.3 Å². The van der Waals surface area contributed by atoms with Crippen molar-refractivity contribution in [2.75, 3.05) is 5.32 Å². The Bertz CT molecular complexity index is 791. The van der Waals surface area contributed by atoms with Crippen molar-refractivity contribution in [2.24, 2.45) is 0 Å². The molecule has 0 saturated heterocycles. The van der Waals surface area contributed by atoms with Crippen molar-refractivity contribution in [2.45, 2.75) is 45.6 Å². The van der Waals surface area contributed by atoms with Crippen molar-refractivity contribution in [3.63, 3.8) is 0 Å². The van der Waals surface area contributed by atoms with E-state index in [4.69, 9.17) is 4.74 Å². The van der Waals surface area contributed by atoms with Gasteiger partial charge in [-0.25, -0.2) is 9.18 Å². The summed E-state index contributed by atoms with van der Waals surface area (Å²) in [6.07, 6.45) is 0.808. The Kier molecular flexibility index (Phi) is 5.44. The number of benzene rings is 1. The predicted octanol–water partition coefficient (Wildman–Crippen LogP) is 4.73. The van der Waals surface area contributed by atoms with Crippen LogP contribution in [-0.2, 0) is 10.2 Å². The number of hydrogen-bond acceptors (Lipinski definition) is 4. The number of amides is 1. The number of nitrogens with one attached hydrogen (secondary N) is 1. The molecule has 138 valence electrons. The molecule has 1 aromatic heterocycles. The molecular formula is C20H23FN2O3. The van der Waals surface area contributed by atoms with Crippen molar-refractivity contribution in [3.8, 4) is 0 Å². The molecule has 1 amide bonds. The summed E-state index contributed by atoms with van der Waals surface area (Å²) >= 11 is 0. The Morgan fingerprint density at radius 1 is 1.00 bits per heavy atom. The second-order valence-electron chi connectivity index (χ2n) is 7.52. The Hall–Kier alpha value is -2.76. The topological polar surface area (TPSA) is 68.3 Å². The lowest BCUT2D eigenvalue weighted by Gasteiger charge is -2.23. The van der Waals surface area contributed by atoms with Crippen molar-refractivity contribution in [3.05, 3.63) is 59.7 Å². The molecule has 26 heavy (non-hydrogen) atoms. The van der Waals surface area contributed by atoms with Crippen molar-refractivity contribution in [1.29, 1.82) is 0 Å². The maximum absolute atomic E-state index is 13.1. The molecule has 0 unspecified atom stereocenters. The number of ketones is 1. The smallest absolute Gasteiger partial charge is 0.412 e. The number of aromatic nitrogens is 1. The van der Waals surface area contributed by atoms with Gasteiger partial charge in [-0.3, -0.25) is 15.1 Å². The van der Waals surface area contributed by atoms with Crippen molar-refractivity contribution in [1.82, 2.24) is 4.98 Å². The number of hydrogen-bond donors (Lipinski definition) is 1. The van der Waals surface area contributed by atoms with Crippen LogP contribution in [0.2, 0.25) is 0 Å². The van der Waals surface area contributed by atoms with Crippen LogP contribution in [-0.4, -0.2) is 22.5 Å². The monoisotopic (exact) mass is 358 g/mol. The van der Waals surface area contributed by atoms with Crippen LogP contribution in [0.1, 0.15) is 50.7 Å². The average Bonchev–Trinajstić information content (AvgIpc) is 2.53. The maximum Gasteiger partial charge on any atom is 0.412 e. The van der Waals surface area contributed by atoms with E-state index in [0.29, 0.717) is 11.3 Å². The first-order valence-corrected chi connectivity index (χ1v) is 8.26. The number of rotatable bonds is 4. The number of ether oxygens (including phenoxy) is 1. The predicted molar refractivity (Wildman–Crippen MR) is 97.9 cm³/mol. The van der Waals surface area contributed by atoms with Gasteiger partial charge in [-0.15, -0.1) is 0 Å². The number of carbonyl (C=O) groups is 2. The van der Waals surface area contributed by atoms with E-state index in [-0.39, 0.29) is 17.3 Å². The summed E-state index contributed by atoms with van der Waals surface area (Å²) in [5, 5.41) is 2.56. The fraction of sp³-hybridized carbons (Fsp3) is 0.350. The molecule has 0 radical (unpaired) electrons. The largest absolute Gasteiger partial charge is 0.444 e. The molecule has 0 bridgehead atoms. The minimum absolute atomic E-state index is 0.201. The van der Waals surface area contributed by atoms with Crippen LogP contribution in [0, 0.1) is 5.82 Å². The van der Waals surface area contributed by atoms with Gasteiger partial charge in [0.25, 0.3) is 0 Å². The molecule has 0 aliphatic heterocycles. The van der Waals surface area contributed by atoms with Gasteiger partial charge in [0.15, 0.2) is 5.78 Å². The maximum atomic E-state index is 13.1. The van der Waals surface area contributed by atoms with E-state index in [1.807, 2.05) is 0 Å². The van der Waals surface area contributed by atoms with Gasteiger partial charge in [-0.2, -0.15) is 0 Å². The summed E-state index contributed by atoms with van der Waals surface area (Å²) < 4.78 is 18.3. The summed E-state index contributed by atoms with van der Waals surface area (Å²) in [7, 11) is 0. The van der Waals surface area contributed by atoms with E-state index in [0.717, 1.165) is 0 Å². The fourth-order valence-corrected chi connectivity index (χ4v) is 2.34. The molecular weight excluding hydrogens is 335 g/mol. The lowest BCUT2D eigenvalue weighted by Crippen LogP contribution is -2.30. The zero-order valence-corrected chi connectivity index (χ0v) is 15.6. The van der Waals surface area contributed by atoms with E-state index in [9.17, 15) is 14.0 Å². The molecule has 1 N–H and O–H groups in total. The van der Waals surface area contributed by atoms with Crippen LogP contribution < -0.4 is 5.32 Å². The first-order chi connectivity index (χ1) is 12.0. The third kappa shape index (κ3) is 4.88. The summed E-state index contributed by atoms with van der Waals surface area (Å²) in [5.74, 6) is -0.555. The zero-order chi connectivity index (χ0) is 19.5. The first-order valence-electron chi connectivity index (χ1n) is 8.26. The number of anilines is 1. The SMILES string of the molecule is CC(C)(C)OC(=O)Nc1ccc(C(=O)C(C)(C)c2ccc(F)cc2)nc1. The van der Waals surface area contributed by atoms with Crippen LogP contribution >= 0.6 is 0 Å². The van der Waals surface area contributed by atoms with Gasteiger partial charge in [0.1, 0.15) is 17.1 Å². The van der Waals surface area contributed by atoms with Crippen LogP contribution in [0.15, 0.2) is 42.6 Å². The second-order valence-corrected chi connectivity index (χ2v) is 7.52. The second kappa shape index (κ2) is 7.23. The molecule has 6 heteroatoms. The molecule has 5 nitrogen and oxygen atoms in total. The molecule has 2 rings (SSSR count). The van der Waals surface area contributed by atoms with E-state index in [1.54, 1.807) is 58.9 Å². The molecule has 1 aromatic carbocycles. The van der Waals surface area contributed by atoms with Crippen molar-refractivity contribution >= 4 is 17.6 Å². The molecule has 0 fully saturated rings. The Morgan fingerprint density at radius 3 is 2.12 bits per heavy atom. The molecule has 1 heterocycles. The lowest BCUT2D eigenvalue weighted by molar-refractivity contribution is 0.0635. The molecule has 0 aliphatic carbocycles. The standard InChI is InChI=1S/C20H23FN2O3/c1-19(2,3)26-18(25)23-15-10-11-16(22-12-15)17(24)20(4,5)13-6-8-14(21)9-7-13/h6-12H,1-5H3,(H,23,25). The number of pyridine rings is 1. The van der Waals surface area contributed by atoms with E-state index < -0.39 is 17.1 Å². The third-order valence-corrected chi connectivity index (χ3v) is 3.77. The zero-order valence-electron chi connectivity index (χ0n) is 15.6. The molecule has 0 spiro atoms. The number of halogens is 1. The summed E-state index contributed by atoms with van der Waals surface area (Å²) in [6.45, 7) is 8.83. The summed E-state index contributed by atoms with van der Waals surface area (Å²) in [4.78, 5) is 28.7. The molecule has 0 saturated carbocycles. The lowest BCUT2D eigenvalue weighted by atomic mass is 9.79. The third-order valence-electron chi connectivity index (χ3n) is 3.77. The number of Topliss-reactive ketones (excluding diaryl/α,β-unsaturated/α-hetero) is 1. The van der Waals surface area contributed by atoms with Gasteiger partial charge >= 0.3 is 6.09 Å². The number of nitrogens with zero attached hydrogens (tertiary/aromatic N) is 1. The molecule has 0 atom stereocenters. The molecule has 0 aliphatic rings. The summed E-state index contributed by atoms with van der Waals surface area (Å²) in [5.41, 5.74) is -0.0842. The summed E-state index contributed by atoms with van der Waals surface area (Å²) in [6, 6.07) is 8.96. The number of carbonyl (C=O) groups excluding carboxylic acids is 2. The highest BCUT2D eigenvalue weighted by Crippen LogP contribution is 2.27. The van der Waals surface area contributed by atoms with Crippen LogP contribution in [0.4, 0.5) is 14.9 Å². The van der Waals surface area contributed by atoms with Gasteiger partial charge in [0.2, 0.25) is 0 Å². The quantitative estimate of drug-likeness (QED) is 0.803. The fourth-order valence-electron chi connectivity index (χ4n) is 2.34. The van der Waals surface area contributed by atoms with E-state index in [2.05, 4.69) is 10.3 Å². The van der Waals surface area contributed by atoms with Gasteiger partial charge in [0, 0.05) is 0 Å². The van der Waals surface area contributed by atoms with Gasteiger partial charge in [0.05, 0.1) is 17.3 Å². The Balaban J connectivity index is 2.13. The van der Waals surface area contributed by atoms with E-state index >= 15 is 0 Å². The van der Waals surface area contributed by atoms with Crippen LogP contribution in [0.25, 0.3) is 0 Å². The normalized spacial score (nSPS) is 11.8. The Morgan fingerprint density at radius 2 is 1.62 bits per heavy atom.